The quantitative estimate of drug-likeness (QED) is 0.366. The Morgan fingerprint density at radius 2 is 1.58 bits per heavy atom. The molecule has 0 aliphatic carbocycles. The number of aryl methyl sites for hydroxylation is 1. The molecule has 3 aromatic heterocycles. The minimum absolute atomic E-state index is 0.546. The Labute approximate surface area is 213 Å². The molecule has 0 amide bonds. The van der Waals surface area contributed by atoms with Gasteiger partial charge in [-0.25, -0.2) is 0 Å². The molecule has 6 heterocycles. The number of nitrogens with zero attached hydrogens (tertiary/aromatic N) is 6. The van der Waals surface area contributed by atoms with Crippen molar-refractivity contribution in [1.82, 2.24) is 29.5 Å². The third-order valence-electron chi connectivity index (χ3n) is 7.94. The van der Waals surface area contributed by atoms with Crippen LogP contribution in [0.3, 0.4) is 0 Å². The second kappa shape index (κ2) is 10.3. The molecule has 6 nitrogen and oxygen atoms in total. The Balaban J connectivity index is 1.18. The Morgan fingerprint density at radius 1 is 0.889 bits per heavy atom. The summed E-state index contributed by atoms with van der Waals surface area (Å²) in [5.41, 5.74) is 5.88. The van der Waals surface area contributed by atoms with Crippen molar-refractivity contribution in [3.63, 3.8) is 0 Å². The summed E-state index contributed by atoms with van der Waals surface area (Å²) < 4.78 is 2.12. The molecule has 36 heavy (non-hydrogen) atoms. The molecule has 4 unspecified atom stereocenters. The van der Waals surface area contributed by atoms with Crippen LogP contribution in [0.5, 0.6) is 0 Å². The summed E-state index contributed by atoms with van der Waals surface area (Å²) in [5, 5.41) is 4.88. The monoisotopic (exact) mass is 478 g/mol. The van der Waals surface area contributed by atoms with Gasteiger partial charge >= 0.3 is 0 Å². The lowest BCUT2D eigenvalue weighted by Crippen LogP contribution is -2.56. The Hall–Kier alpha value is -3.35. The second-order valence-electron chi connectivity index (χ2n) is 10.3. The second-order valence-corrected chi connectivity index (χ2v) is 10.3. The minimum atomic E-state index is 0.546. The predicted octanol–water partition coefficient (Wildman–Crippen LogP) is 4.76. The number of aromatic nitrogens is 4. The number of rotatable bonds is 8. The highest BCUT2D eigenvalue weighted by atomic mass is 15.3. The van der Waals surface area contributed by atoms with Gasteiger partial charge in [0.2, 0.25) is 0 Å². The molecule has 4 aromatic rings. The van der Waals surface area contributed by atoms with Gasteiger partial charge in [-0.05, 0) is 55.6 Å². The lowest BCUT2D eigenvalue weighted by atomic mass is 9.74. The van der Waals surface area contributed by atoms with E-state index in [4.69, 9.17) is 5.10 Å². The third kappa shape index (κ3) is 4.97. The van der Waals surface area contributed by atoms with Gasteiger partial charge < -0.3 is 0 Å². The molecule has 3 aliphatic heterocycles. The summed E-state index contributed by atoms with van der Waals surface area (Å²) >= 11 is 0. The molecule has 0 radical (unpaired) electrons. The van der Waals surface area contributed by atoms with E-state index in [-0.39, 0.29) is 0 Å². The summed E-state index contributed by atoms with van der Waals surface area (Å²) in [6.45, 7) is 5.04. The van der Waals surface area contributed by atoms with Crippen molar-refractivity contribution in [3.8, 4) is 11.3 Å². The molecule has 6 heteroatoms. The Morgan fingerprint density at radius 3 is 2.19 bits per heavy atom. The first-order valence-electron chi connectivity index (χ1n) is 13.1. The van der Waals surface area contributed by atoms with Gasteiger partial charge in [-0.3, -0.25) is 24.4 Å². The molecule has 0 spiro atoms. The van der Waals surface area contributed by atoms with Crippen LogP contribution in [0, 0.1) is 5.92 Å². The summed E-state index contributed by atoms with van der Waals surface area (Å²) in [6.07, 6.45) is 6.29. The Bertz CT molecular complexity index is 1220. The normalized spacial score (nSPS) is 23.3. The van der Waals surface area contributed by atoms with E-state index in [9.17, 15) is 0 Å². The van der Waals surface area contributed by atoms with Crippen LogP contribution in [0.15, 0.2) is 85.2 Å². The van der Waals surface area contributed by atoms with Crippen LogP contribution in [-0.4, -0.2) is 55.2 Å². The van der Waals surface area contributed by atoms with E-state index in [1.165, 1.54) is 30.6 Å². The molecule has 3 saturated heterocycles. The molecule has 184 valence electrons. The van der Waals surface area contributed by atoms with Crippen molar-refractivity contribution in [1.29, 1.82) is 0 Å². The van der Waals surface area contributed by atoms with Crippen LogP contribution in [0.2, 0.25) is 0 Å². The highest BCUT2D eigenvalue weighted by Crippen LogP contribution is 2.42. The number of hydrogen-bond donors (Lipinski definition) is 0. The van der Waals surface area contributed by atoms with Crippen molar-refractivity contribution < 1.29 is 0 Å². The molecule has 1 aromatic carbocycles. The fraction of sp³-hybridized carbons (Fsp3) is 0.367. The number of hydrogen-bond acceptors (Lipinski definition) is 5. The zero-order valence-electron chi connectivity index (χ0n) is 20.9. The molecule has 3 aliphatic rings. The minimum Gasteiger partial charge on any atom is -0.298 e. The van der Waals surface area contributed by atoms with E-state index in [0.29, 0.717) is 17.9 Å². The maximum absolute atomic E-state index is 4.88. The topological polar surface area (TPSA) is 50.1 Å². The first kappa shape index (κ1) is 23.1. The average molecular weight is 479 g/mol. The lowest BCUT2D eigenvalue weighted by molar-refractivity contribution is 0.00727. The summed E-state index contributed by atoms with van der Waals surface area (Å²) in [5.74, 6) is 1.25. The molecular weight excluding hydrogens is 444 g/mol. The van der Waals surface area contributed by atoms with Crippen molar-refractivity contribution in [3.05, 3.63) is 102 Å². The van der Waals surface area contributed by atoms with E-state index >= 15 is 0 Å². The van der Waals surface area contributed by atoms with Gasteiger partial charge in [0.1, 0.15) is 0 Å². The van der Waals surface area contributed by atoms with Crippen LogP contribution in [-0.2, 0) is 20.1 Å². The van der Waals surface area contributed by atoms with E-state index in [0.717, 1.165) is 43.3 Å². The number of piperidine rings is 3. The molecule has 3 fully saturated rings. The van der Waals surface area contributed by atoms with Crippen LogP contribution >= 0.6 is 0 Å². The van der Waals surface area contributed by atoms with Gasteiger partial charge in [-0.15, -0.1) is 0 Å². The predicted molar refractivity (Wildman–Crippen MR) is 142 cm³/mol. The summed E-state index contributed by atoms with van der Waals surface area (Å²) in [4.78, 5) is 14.5. The molecule has 4 atom stereocenters. The number of pyridine rings is 2. The first-order valence-corrected chi connectivity index (χ1v) is 13.1. The van der Waals surface area contributed by atoms with Crippen molar-refractivity contribution in [2.24, 2.45) is 13.0 Å². The van der Waals surface area contributed by atoms with Crippen molar-refractivity contribution in [2.75, 3.05) is 19.6 Å². The van der Waals surface area contributed by atoms with Gasteiger partial charge in [0, 0.05) is 68.8 Å². The van der Waals surface area contributed by atoms with Gasteiger partial charge in [0.05, 0.1) is 17.1 Å². The Kier molecular flexibility index (Phi) is 6.62. The van der Waals surface area contributed by atoms with Crippen molar-refractivity contribution in [2.45, 2.75) is 37.9 Å². The highest BCUT2D eigenvalue weighted by molar-refractivity contribution is 5.59. The van der Waals surface area contributed by atoms with Gasteiger partial charge in [-0.2, -0.15) is 5.10 Å². The number of fused-ring (bicyclic) bond motifs is 3. The highest BCUT2D eigenvalue weighted by Gasteiger charge is 2.42. The van der Waals surface area contributed by atoms with Crippen LogP contribution in [0.4, 0.5) is 0 Å². The van der Waals surface area contributed by atoms with Gasteiger partial charge in [-0.1, -0.05) is 42.5 Å². The van der Waals surface area contributed by atoms with Crippen molar-refractivity contribution >= 4 is 0 Å². The average Bonchev–Trinajstić information content (AvgIpc) is 3.32. The largest absolute Gasteiger partial charge is 0.298 e. The molecule has 0 N–H and O–H groups in total. The van der Waals surface area contributed by atoms with Crippen LogP contribution in [0.1, 0.15) is 35.8 Å². The standard InChI is InChI=1S/C30H34N6/c1-34-30(18-29(33-34)23-9-3-2-4-10-23)28-22-36-16-13-24(28)17-27(36)21-35(19-25-11-5-7-14-31-25)20-26-12-6-8-15-32-26/h2-12,14-15,18,24,27-28H,13,16-17,19-22H2,1H3. The van der Waals surface area contributed by atoms with E-state index in [1.54, 1.807) is 0 Å². The molecule has 7 rings (SSSR count). The molecule has 0 saturated carbocycles. The van der Waals surface area contributed by atoms with Gasteiger partial charge in [0.15, 0.2) is 0 Å². The molecule has 2 bridgehead atoms. The van der Waals surface area contributed by atoms with E-state index in [1.807, 2.05) is 24.5 Å². The summed E-state index contributed by atoms with van der Waals surface area (Å²) in [7, 11) is 2.11. The van der Waals surface area contributed by atoms with E-state index < -0.39 is 0 Å². The van der Waals surface area contributed by atoms with Gasteiger partial charge in [0.25, 0.3) is 0 Å². The molecular formula is C30H34N6. The number of benzene rings is 1. The SMILES string of the molecule is Cn1nc(-c2ccccc2)cc1C1CN2CCC1CC2CN(Cc1ccccn1)Cc1ccccn1. The maximum Gasteiger partial charge on any atom is 0.0926 e. The third-order valence-corrected chi connectivity index (χ3v) is 7.94. The van der Waals surface area contributed by atoms with E-state index in [2.05, 4.69) is 92.2 Å². The smallest absolute Gasteiger partial charge is 0.0926 e. The summed E-state index contributed by atoms with van der Waals surface area (Å²) in [6, 6.07) is 25.8. The zero-order valence-corrected chi connectivity index (χ0v) is 20.9. The fourth-order valence-electron chi connectivity index (χ4n) is 6.17. The zero-order chi connectivity index (χ0) is 24.3. The fourth-order valence-corrected chi connectivity index (χ4v) is 6.17. The van der Waals surface area contributed by atoms with Crippen LogP contribution in [0.25, 0.3) is 11.3 Å². The maximum atomic E-state index is 4.88. The van der Waals surface area contributed by atoms with Crippen LogP contribution < -0.4 is 0 Å². The lowest BCUT2D eigenvalue weighted by Gasteiger charge is -2.51. The first-order chi connectivity index (χ1) is 17.7.